The van der Waals surface area contributed by atoms with Gasteiger partial charge in [-0.2, -0.15) is 0 Å². The highest BCUT2D eigenvalue weighted by molar-refractivity contribution is 5.91. The van der Waals surface area contributed by atoms with Gasteiger partial charge in [-0.05, 0) is 69.2 Å². The molecule has 1 heterocycles. The summed E-state index contributed by atoms with van der Waals surface area (Å²) in [5.74, 6) is 1.52. The van der Waals surface area contributed by atoms with Crippen molar-refractivity contribution in [1.82, 2.24) is 0 Å². The molecule has 0 unspecified atom stereocenters. The predicted octanol–water partition coefficient (Wildman–Crippen LogP) is 4.22. The van der Waals surface area contributed by atoms with Crippen LogP contribution < -0.4 is 19.7 Å². The minimum absolute atomic E-state index is 0.00613. The molecule has 3 rings (SSSR count). The molecule has 2 aromatic rings. The fraction of sp³-hybridized carbons (Fsp3) is 0.381. The van der Waals surface area contributed by atoms with Crippen LogP contribution in [0.4, 0.5) is 11.4 Å². The second-order valence-electron chi connectivity index (χ2n) is 6.66. The first-order valence-corrected chi connectivity index (χ1v) is 9.12. The van der Waals surface area contributed by atoms with Crippen LogP contribution in [0.2, 0.25) is 0 Å². The SMILES string of the molecule is CCN(c1ccc(NC(=O)CCc2ccc3c(c2)OCO3)cc1)C(C)C. The van der Waals surface area contributed by atoms with Gasteiger partial charge in [0, 0.05) is 30.4 Å². The Morgan fingerprint density at radius 2 is 1.85 bits per heavy atom. The van der Waals surface area contributed by atoms with E-state index in [-0.39, 0.29) is 12.7 Å². The Bertz CT molecular complexity index is 756. The Labute approximate surface area is 154 Å². The van der Waals surface area contributed by atoms with Crippen LogP contribution in [-0.4, -0.2) is 25.3 Å². The maximum atomic E-state index is 12.2. The van der Waals surface area contributed by atoms with Crippen molar-refractivity contribution < 1.29 is 14.3 Å². The third-order valence-electron chi connectivity index (χ3n) is 4.52. The number of hydrogen-bond donors (Lipinski definition) is 1. The minimum atomic E-state index is 0.00613. The normalized spacial score (nSPS) is 12.3. The van der Waals surface area contributed by atoms with Gasteiger partial charge < -0.3 is 19.7 Å². The molecule has 1 amide bonds. The molecule has 0 bridgehead atoms. The standard InChI is InChI=1S/C21H26N2O3/c1-4-23(15(2)3)18-9-7-17(8-10-18)22-21(24)12-6-16-5-11-19-20(13-16)26-14-25-19/h5,7-11,13,15H,4,6,12,14H2,1-3H3,(H,22,24). The highest BCUT2D eigenvalue weighted by atomic mass is 16.7. The van der Waals surface area contributed by atoms with E-state index in [4.69, 9.17) is 9.47 Å². The molecule has 0 aliphatic carbocycles. The van der Waals surface area contributed by atoms with Gasteiger partial charge in [0.15, 0.2) is 11.5 Å². The summed E-state index contributed by atoms with van der Waals surface area (Å²) in [6.45, 7) is 7.72. The molecule has 0 spiro atoms. The van der Waals surface area contributed by atoms with E-state index < -0.39 is 0 Å². The van der Waals surface area contributed by atoms with Crippen molar-refractivity contribution in [2.45, 2.75) is 39.7 Å². The molecule has 0 aromatic heterocycles. The highest BCUT2D eigenvalue weighted by Gasteiger charge is 2.14. The number of aryl methyl sites for hydroxylation is 1. The number of fused-ring (bicyclic) bond motifs is 1. The lowest BCUT2D eigenvalue weighted by molar-refractivity contribution is -0.116. The summed E-state index contributed by atoms with van der Waals surface area (Å²) in [6.07, 6.45) is 1.09. The van der Waals surface area contributed by atoms with E-state index in [1.807, 2.05) is 30.3 Å². The van der Waals surface area contributed by atoms with Gasteiger partial charge in [-0.15, -0.1) is 0 Å². The molecule has 26 heavy (non-hydrogen) atoms. The summed E-state index contributed by atoms with van der Waals surface area (Å²) in [5.41, 5.74) is 3.06. The zero-order valence-corrected chi connectivity index (χ0v) is 15.6. The lowest BCUT2D eigenvalue weighted by atomic mass is 10.1. The first-order chi connectivity index (χ1) is 12.6. The smallest absolute Gasteiger partial charge is 0.231 e. The molecule has 138 valence electrons. The number of ether oxygens (including phenoxy) is 2. The summed E-state index contributed by atoms with van der Waals surface area (Å²) in [4.78, 5) is 14.5. The number of rotatable bonds is 7. The second-order valence-corrected chi connectivity index (χ2v) is 6.66. The van der Waals surface area contributed by atoms with E-state index in [1.54, 1.807) is 0 Å². The Hall–Kier alpha value is -2.69. The van der Waals surface area contributed by atoms with E-state index in [0.717, 1.165) is 29.3 Å². The topological polar surface area (TPSA) is 50.8 Å². The second kappa shape index (κ2) is 8.13. The molecule has 5 nitrogen and oxygen atoms in total. The van der Waals surface area contributed by atoms with Crippen LogP contribution in [-0.2, 0) is 11.2 Å². The van der Waals surface area contributed by atoms with Crippen LogP contribution in [0.15, 0.2) is 42.5 Å². The third-order valence-corrected chi connectivity index (χ3v) is 4.52. The number of hydrogen-bond acceptors (Lipinski definition) is 4. The van der Waals surface area contributed by atoms with Gasteiger partial charge in [-0.1, -0.05) is 6.07 Å². The largest absolute Gasteiger partial charge is 0.454 e. The number of benzene rings is 2. The molecule has 1 aliphatic rings. The van der Waals surface area contributed by atoms with Crippen LogP contribution in [0.1, 0.15) is 32.8 Å². The molecule has 2 aromatic carbocycles. The van der Waals surface area contributed by atoms with E-state index in [1.165, 1.54) is 5.69 Å². The van der Waals surface area contributed by atoms with Gasteiger partial charge in [0.2, 0.25) is 12.7 Å². The number of amides is 1. The van der Waals surface area contributed by atoms with Crippen molar-refractivity contribution >= 4 is 17.3 Å². The highest BCUT2D eigenvalue weighted by Crippen LogP contribution is 2.32. The number of nitrogens with zero attached hydrogens (tertiary/aromatic N) is 1. The first-order valence-electron chi connectivity index (χ1n) is 9.12. The van der Waals surface area contributed by atoms with Gasteiger partial charge in [0.25, 0.3) is 0 Å². The van der Waals surface area contributed by atoms with Crippen molar-refractivity contribution in [3.63, 3.8) is 0 Å². The van der Waals surface area contributed by atoms with E-state index in [2.05, 4.69) is 43.1 Å². The van der Waals surface area contributed by atoms with Gasteiger partial charge >= 0.3 is 0 Å². The fourth-order valence-corrected chi connectivity index (χ4v) is 3.16. The predicted molar refractivity (Wildman–Crippen MR) is 104 cm³/mol. The van der Waals surface area contributed by atoms with Crippen LogP contribution >= 0.6 is 0 Å². The lowest BCUT2D eigenvalue weighted by Gasteiger charge is -2.27. The van der Waals surface area contributed by atoms with Gasteiger partial charge in [0.05, 0.1) is 0 Å². The molecule has 0 atom stereocenters. The van der Waals surface area contributed by atoms with Crippen molar-refractivity contribution in [2.24, 2.45) is 0 Å². The lowest BCUT2D eigenvalue weighted by Crippen LogP contribution is -2.30. The zero-order chi connectivity index (χ0) is 18.5. The van der Waals surface area contributed by atoms with Crippen molar-refractivity contribution in [2.75, 3.05) is 23.6 Å². The summed E-state index contributed by atoms with van der Waals surface area (Å²) in [6, 6.07) is 14.3. The Morgan fingerprint density at radius 1 is 1.12 bits per heavy atom. The maximum absolute atomic E-state index is 12.2. The average molecular weight is 354 g/mol. The van der Waals surface area contributed by atoms with Gasteiger partial charge in [-0.3, -0.25) is 4.79 Å². The molecule has 0 saturated heterocycles. The van der Waals surface area contributed by atoms with Crippen molar-refractivity contribution in [3.05, 3.63) is 48.0 Å². The summed E-state index contributed by atoms with van der Waals surface area (Å²) >= 11 is 0. The van der Waals surface area contributed by atoms with Crippen LogP contribution in [0, 0.1) is 0 Å². The van der Waals surface area contributed by atoms with E-state index >= 15 is 0 Å². The maximum Gasteiger partial charge on any atom is 0.231 e. The summed E-state index contributed by atoms with van der Waals surface area (Å²) < 4.78 is 10.7. The Kier molecular flexibility index (Phi) is 5.66. The Balaban J connectivity index is 1.53. The Morgan fingerprint density at radius 3 is 2.54 bits per heavy atom. The summed E-state index contributed by atoms with van der Waals surface area (Å²) in [7, 11) is 0. The van der Waals surface area contributed by atoms with E-state index in [0.29, 0.717) is 18.9 Å². The molecule has 5 heteroatoms. The molecule has 1 aliphatic heterocycles. The van der Waals surface area contributed by atoms with Gasteiger partial charge in [0.1, 0.15) is 0 Å². The first kappa shape index (κ1) is 18.1. The summed E-state index contributed by atoms with van der Waals surface area (Å²) in [5, 5.41) is 2.96. The molecule has 0 saturated carbocycles. The quantitative estimate of drug-likeness (QED) is 0.809. The number of carbonyl (C=O) groups excluding carboxylic acids is 1. The van der Waals surface area contributed by atoms with Gasteiger partial charge in [-0.25, -0.2) is 0 Å². The van der Waals surface area contributed by atoms with Crippen LogP contribution in [0.25, 0.3) is 0 Å². The molecule has 1 N–H and O–H groups in total. The van der Waals surface area contributed by atoms with Crippen LogP contribution in [0.5, 0.6) is 11.5 Å². The van der Waals surface area contributed by atoms with Crippen molar-refractivity contribution in [3.8, 4) is 11.5 Å². The van der Waals surface area contributed by atoms with E-state index in [9.17, 15) is 4.79 Å². The monoisotopic (exact) mass is 354 g/mol. The molecular weight excluding hydrogens is 328 g/mol. The van der Waals surface area contributed by atoms with Crippen molar-refractivity contribution in [1.29, 1.82) is 0 Å². The minimum Gasteiger partial charge on any atom is -0.454 e. The third kappa shape index (κ3) is 4.28. The van der Waals surface area contributed by atoms with Crippen LogP contribution in [0.3, 0.4) is 0 Å². The zero-order valence-electron chi connectivity index (χ0n) is 15.6. The number of nitrogens with one attached hydrogen (secondary N) is 1. The number of anilines is 2. The number of carbonyl (C=O) groups is 1. The fourth-order valence-electron chi connectivity index (χ4n) is 3.16. The average Bonchev–Trinajstić information content (AvgIpc) is 3.09. The molecule has 0 radical (unpaired) electrons. The molecular formula is C21H26N2O3. The molecule has 0 fully saturated rings.